The van der Waals surface area contributed by atoms with Crippen LogP contribution >= 0.6 is 24.0 Å². The molecule has 1 heterocycles. The van der Waals surface area contributed by atoms with Gasteiger partial charge in [0.25, 0.3) is 0 Å². The summed E-state index contributed by atoms with van der Waals surface area (Å²) >= 11 is 0. The number of carbonyl (C=O) groups excluding carboxylic acids is 2. The van der Waals surface area contributed by atoms with E-state index in [4.69, 9.17) is 0 Å². The highest BCUT2D eigenvalue weighted by molar-refractivity contribution is 14.0. The number of hydrogen-bond donors (Lipinski definition) is 3. The van der Waals surface area contributed by atoms with Gasteiger partial charge in [0.15, 0.2) is 5.96 Å². The summed E-state index contributed by atoms with van der Waals surface area (Å²) in [5.41, 5.74) is 0. The predicted octanol–water partition coefficient (Wildman–Crippen LogP) is 2.11. The average Bonchev–Trinajstić information content (AvgIpc) is 3.12. The number of aliphatic imine (C=N–C) groups is 1. The molecule has 2 amide bonds. The number of likely N-dealkylation sites (tertiary alicyclic amines) is 1. The van der Waals surface area contributed by atoms with Crippen molar-refractivity contribution < 1.29 is 9.59 Å². The summed E-state index contributed by atoms with van der Waals surface area (Å²) in [6.07, 6.45) is 7.83. The molecule has 0 spiro atoms. The number of halogens is 1. The molecule has 2 rings (SSSR count). The van der Waals surface area contributed by atoms with E-state index in [-0.39, 0.29) is 47.8 Å². The molecule has 162 valence electrons. The Labute approximate surface area is 186 Å². The molecule has 2 aliphatic rings. The number of hydrogen-bond acceptors (Lipinski definition) is 3. The second-order valence-corrected chi connectivity index (χ2v) is 8.13. The molecule has 8 heteroatoms. The van der Waals surface area contributed by atoms with E-state index in [2.05, 4.69) is 20.9 Å². The number of nitrogens with one attached hydrogen (secondary N) is 3. The van der Waals surface area contributed by atoms with Gasteiger partial charge in [0.05, 0.1) is 0 Å². The summed E-state index contributed by atoms with van der Waals surface area (Å²) in [5, 5.41) is 9.62. The van der Waals surface area contributed by atoms with Gasteiger partial charge in [-0.05, 0) is 25.2 Å². The van der Waals surface area contributed by atoms with Gasteiger partial charge in [-0.2, -0.15) is 0 Å². The number of nitrogens with zero attached hydrogens (tertiary/aromatic N) is 2. The van der Waals surface area contributed by atoms with E-state index in [0.29, 0.717) is 25.4 Å². The SMILES string of the molecule is CN=C(NCCNC(=O)CC1CCCCC1)NC1CCN(C(=O)C(C)C)C1.I. The van der Waals surface area contributed by atoms with Crippen molar-refractivity contribution in [1.29, 1.82) is 0 Å². The van der Waals surface area contributed by atoms with Crippen LogP contribution in [0.3, 0.4) is 0 Å². The van der Waals surface area contributed by atoms with Crippen LogP contribution in [0, 0.1) is 11.8 Å². The molecular weight excluding hydrogens is 469 g/mol. The van der Waals surface area contributed by atoms with Crippen LogP contribution in [0.5, 0.6) is 0 Å². The molecule has 1 saturated heterocycles. The molecule has 1 saturated carbocycles. The van der Waals surface area contributed by atoms with Crippen LogP contribution in [-0.2, 0) is 9.59 Å². The fourth-order valence-corrected chi connectivity index (χ4v) is 3.94. The summed E-state index contributed by atoms with van der Waals surface area (Å²) in [4.78, 5) is 30.3. The molecular formula is C20H38IN5O2. The van der Waals surface area contributed by atoms with Crippen LogP contribution in [0.2, 0.25) is 0 Å². The third-order valence-electron chi connectivity index (χ3n) is 5.50. The van der Waals surface area contributed by atoms with E-state index in [1.807, 2.05) is 18.7 Å². The monoisotopic (exact) mass is 507 g/mol. The van der Waals surface area contributed by atoms with Gasteiger partial charge in [-0.3, -0.25) is 14.6 Å². The number of rotatable bonds is 7. The van der Waals surface area contributed by atoms with Crippen molar-refractivity contribution in [2.45, 2.75) is 64.8 Å². The van der Waals surface area contributed by atoms with Crippen molar-refractivity contribution in [2.24, 2.45) is 16.8 Å². The lowest BCUT2D eigenvalue weighted by atomic mass is 9.87. The zero-order chi connectivity index (χ0) is 19.6. The van der Waals surface area contributed by atoms with E-state index in [1.54, 1.807) is 7.05 Å². The van der Waals surface area contributed by atoms with Crippen LogP contribution in [0.25, 0.3) is 0 Å². The Morgan fingerprint density at radius 1 is 1.07 bits per heavy atom. The molecule has 0 aromatic heterocycles. The van der Waals surface area contributed by atoms with Gasteiger partial charge in [-0.25, -0.2) is 0 Å². The highest BCUT2D eigenvalue weighted by Gasteiger charge is 2.27. The van der Waals surface area contributed by atoms with Crippen molar-refractivity contribution in [3.63, 3.8) is 0 Å². The molecule has 0 aromatic carbocycles. The van der Waals surface area contributed by atoms with E-state index in [0.717, 1.165) is 25.5 Å². The van der Waals surface area contributed by atoms with Crippen LogP contribution in [-0.4, -0.2) is 61.9 Å². The third-order valence-corrected chi connectivity index (χ3v) is 5.50. The van der Waals surface area contributed by atoms with Crippen LogP contribution < -0.4 is 16.0 Å². The third kappa shape index (κ3) is 8.53. The summed E-state index contributed by atoms with van der Waals surface area (Å²) < 4.78 is 0. The Morgan fingerprint density at radius 2 is 1.75 bits per heavy atom. The fraction of sp³-hybridized carbons (Fsp3) is 0.850. The highest BCUT2D eigenvalue weighted by atomic mass is 127. The molecule has 1 aliphatic heterocycles. The summed E-state index contributed by atoms with van der Waals surface area (Å²) in [7, 11) is 1.74. The van der Waals surface area contributed by atoms with Crippen molar-refractivity contribution in [3.8, 4) is 0 Å². The first-order valence-electron chi connectivity index (χ1n) is 10.5. The predicted molar refractivity (Wildman–Crippen MR) is 124 cm³/mol. The maximum absolute atomic E-state index is 12.1. The lowest BCUT2D eigenvalue weighted by molar-refractivity contribution is -0.133. The Bertz CT molecular complexity index is 521. The zero-order valence-corrected chi connectivity index (χ0v) is 20.0. The van der Waals surface area contributed by atoms with Gasteiger partial charge in [-0.15, -0.1) is 24.0 Å². The quantitative estimate of drug-likeness (QED) is 0.213. The second-order valence-electron chi connectivity index (χ2n) is 8.13. The van der Waals surface area contributed by atoms with E-state index in [1.165, 1.54) is 32.1 Å². The Kier molecular flexibility index (Phi) is 11.8. The summed E-state index contributed by atoms with van der Waals surface area (Å²) in [6.45, 7) is 6.61. The second kappa shape index (κ2) is 13.2. The Balaban J connectivity index is 0.00000392. The minimum atomic E-state index is 0. The first-order valence-corrected chi connectivity index (χ1v) is 10.5. The summed E-state index contributed by atoms with van der Waals surface area (Å²) in [6, 6.07) is 0.222. The first kappa shape index (κ1) is 25.0. The Hall–Kier alpha value is -1.06. The highest BCUT2D eigenvalue weighted by Crippen LogP contribution is 2.25. The van der Waals surface area contributed by atoms with Crippen molar-refractivity contribution in [2.75, 3.05) is 33.2 Å². The van der Waals surface area contributed by atoms with Gasteiger partial charge in [0.1, 0.15) is 0 Å². The molecule has 7 nitrogen and oxygen atoms in total. The minimum Gasteiger partial charge on any atom is -0.355 e. The van der Waals surface area contributed by atoms with Crippen LogP contribution in [0.1, 0.15) is 58.8 Å². The molecule has 0 radical (unpaired) electrons. The number of amides is 2. The lowest BCUT2D eigenvalue weighted by Crippen LogP contribution is -2.47. The Morgan fingerprint density at radius 3 is 2.39 bits per heavy atom. The molecule has 1 unspecified atom stereocenters. The number of carbonyl (C=O) groups is 2. The smallest absolute Gasteiger partial charge is 0.225 e. The average molecular weight is 507 g/mol. The molecule has 28 heavy (non-hydrogen) atoms. The van der Waals surface area contributed by atoms with Gasteiger partial charge >= 0.3 is 0 Å². The van der Waals surface area contributed by atoms with Gasteiger partial charge in [0.2, 0.25) is 11.8 Å². The normalized spacial score (nSPS) is 20.6. The van der Waals surface area contributed by atoms with Crippen molar-refractivity contribution >= 4 is 41.8 Å². The van der Waals surface area contributed by atoms with Crippen LogP contribution in [0.15, 0.2) is 4.99 Å². The summed E-state index contributed by atoms with van der Waals surface area (Å²) in [5.74, 6) is 1.70. The van der Waals surface area contributed by atoms with Gasteiger partial charge in [0, 0.05) is 51.6 Å². The zero-order valence-electron chi connectivity index (χ0n) is 17.6. The molecule has 1 atom stereocenters. The fourth-order valence-electron chi connectivity index (χ4n) is 3.94. The van der Waals surface area contributed by atoms with E-state index >= 15 is 0 Å². The topological polar surface area (TPSA) is 85.8 Å². The largest absolute Gasteiger partial charge is 0.355 e. The molecule has 2 fully saturated rings. The van der Waals surface area contributed by atoms with Crippen LogP contribution in [0.4, 0.5) is 0 Å². The molecule has 0 bridgehead atoms. The maximum Gasteiger partial charge on any atom is 0.225 e. The van der Waals surface area contributed by atoms with E-state index < -0.39 is 0 Å². The minimum absolute atomic E-state index is 0. The number of guanidine groups is 1. The van der Waals surface area contributed by atoms with Gasteiger partial charge in [-0.1, -0.05) is 33.1 Å². The van der Waals surface area contributed by atoms with Crippen molar-refractivity contribution in [1.82, 2.24) is 20.9 Å². The first-order chi connectivity index (χ1) is 13.0. The maximum atomic E-state index is 12.1. The van der Waals surface area contributed by atoms with Gasteiger partial charge < -0.3 is 20.9 Å². The van der Waals surface area contributed by atoms with E-state index in [9.17, 15) is 9.59 Å². The molecule has 1 aliphatic carbocycles. The standard InChI is InChI=1S/C20H37N5O2.HI/c1-15(2)19(27)25-12-9-17(14-25)24-20(21-3)23-11-10-22-18(26)13-16-7-5-4-6-8-16;/h15-17H,4-14H2,1-3H3,(H,22,26)(H2,21,23,24);1H. The lowest BCUT2D eigenvalue weighted by Gasteiger charge is -2.21. The van der Waals surface area contributed by atoms with Crippen molar-refractivity contribution in [3.05, 3.63) is 0 Å². The molecule has 3 N–H and O–H groups in total. The molecule has 0 aromatic rings.